The predicted octanol–water partition coefficient (Wildman–Crippen LogP) is 2.35. The van der Waals surface area contributed by atoms with Crippen LogP contribution >= 0.6 is 24.8 Å². The van der Waals surface area contributed by atoms with Gasteiger partial charge in [0.05, 0.1) is 5.69 Å². The highest BCUT2D eigenvalue weighted by atomic mass is 35.5. The summed E-state index contributed by atoms with van der Waals surface area (Å²) in [5.41, 5.74) is 1.19. The fraction of sp³-hybridized carbons (Fsp3) is 0.444. The summed E-state index contributed by atoms with van der Waals surface area (Å²) >= 11 is 0. The number of nitrogens with zero attached hydrogens (tertiary/aromatic N) is 1. The highest BCUT2D eigenvalue weighted by molar-refractivity contribution is 5.85. The Labute approximate surface area is 91.0 Å². The van der Waals surface area contributed by atoms with Crippen molar-refractivity contribution in [2.45, 2.75) is 18.9 Å². The van der Waals surface area contributed by atoms with Crippen LogP contribution in [0, 0.1) is 0 Å². The topological polar surface area (TPSA) is 24.9 Å². The third-order valence-corrected chi connectivity index (χ3v) is 2.11. The van der Waals surface area contributed by atoms with E-state index in [2.05, 4.69) is 16.4 Å². The van der Waals surface area contributed by atoms with Crippen molar-refractivity contribution in [3.63, 3.8) is 0 Å². The first-order valence-electron chi connectivity index (χ1n) is 4.11. The molecule has 0 aliphatic carbocycles. The molecule has 0 unspecified atom stereocenters. The molecule has 0 radical (unpaired) electrons. The van der Waals surface area contributed by atoms with Crippen molar-refractivity contribution in [3.8, 4) is 0 Å². The largest absolute Gasteiger partial charge is 0.309 e. The third-order valence-electron chi connectivity index (χ3n) is 2.11. The number of hydrogen-bond acceptors (Lipinski definition) is 2. The summed E-state index contributed by atoms with van der Waals surface area (Å²) < 4.78 is 0. The van der Waals surface area contributed by atoms with Crippen LogP contribution in [0.5, 0.6) is 0 Å². The zero-order valence-corrected chi connectivity index (χ0v) is 8.90. The Hall–Kier alpha value is -0.310. The molecule has 1 aliphatic rings. The molecule has 1 fully saturated rings. The molecule has 1 N–H and O–H groups in total. The minimum Gasteiger partial charge on any atom is -0.309 e. The minimum absolute atomic E-state index is 0. The van der Waals surface area contributed by atoms with Gasteiger partial charge in [-0.1, -0.05) is 6.07 Å². The third kappa shape index (κ3) is 3.14. The van der Waals surface area contributed by atoms with Crippen LogP contribution in [0.4, 0.5) is 0 Å². The van der Waals surface area contributed by atoms with Crippen LogP contribution < -0.4 is 5.32 Å². The van der Waals surface area contributed by atoms with Crippen LogP contribution in [0.15, 0.2) is 24.4 Å². The van der Waals surface area contributed by atoms with Gasteiger partial charge >= 0.3 is 0 Å². The van der Waals surface area contributed by atoms with Crippen LogP contribution in [0.25, 0.3) is 0 Å². The van der Waals surface area contributed by atoms with Gasteiger partial charge in [-0.2, -0.15) is 0 Å². The number of nitrogens with one attached hydrogen (secondary N) is 1. The molecule has 2 nitrogen and oxygen atoms in total. The molecule has 0 bridgehead atoms. The van der Waals surface area contributed by atoms with Crippen LogP contribution in [-0.4, -0.2) is 11.5 Å². The van der Waals surface area contributed by atoms with Gasteiger partial charge in [0, 0.05) is 12.2 Å². The summed E-state index contributed by atoms with van der Waals surface area (Å²) in [6.45, 7) is 1.14. The summed E-state index contributed by atoms with van der Waals surface area (Å²) in [4.78, 5) is 4.30. The lowest BCUT2D eigenvalue weighted by Crippen LogP contribution is -2.13. The number of halogens is 2. The number of rotatable bonds is 1. The Balaban J connectivity index is 0.000000720. The lowest BCUT2D eigenvalue weighted by Gasteiger charge is -2.07. The zero-order chi connectivity index (χ0) is 7.52. The molecule has 1 aromatic heterocycles. The second-order valence-electron chi connectivity index (χ2n) is 2.90. The van der Waals surface area contributed by atoms with E-state index in [4.69, 9.17) is 0 Å². The van der Waals surface area contributed by atoms with E-state index in [1.54, 1.807) is 0 Å². The molecular formula is C9H14Cl2N2. The maximum absolute atomic E-state index is 4.30. The van der Waals surface area contributed by atoms with Gasteiger partial charge in [0.15, 0.2) is 0 Å². The molecule has 0 saturated carbocycles. The van der Waals surface area contributed by atoms with Gasteiger partial charge in [-0.25, -0.2) is 0 Å². The van der Waals surface area contributed by atoms with E-state index < -0.39 is 0 Å². The van der Waals surface area contributed by atoms with Gasteiger partial charge in [0.2, 0.25) is 0 Å². The molecule has 0 amide bonds. The van der Waals surface area contributed by atoms with E-state index in [9.17, 15) is 0 Å². The van der Waals surface area contributed by atoms with Crippen molar-refractivity contribution in [1.29, 1.82) is 0 Å². The number of pyridine rings is 1. The molecule has 2 rings (SSSR count). The summed E-state index contributed by atoms with van der Waals surface area (Å²) in [5.74, 6) is 0. The highest BCUT2D eigenvalue weighted by Gasteiger charge is 2.15. The van der Waals surface area contributed by atoms with E-state index in [0.717, 1.165) is 6.54 Å². The smallest absolute Gasteiger partial charge is 0.0573 e. The highest BCUT2D eigenvalue weighted by Crippen LogP contribution is 2.19. The standard InChI is InChI=1S/C9H12N2.2ClH/c1-2-6-10-8(4-1)9-5-3-7-11-9;;/h1-2,4,6,9,11H,3,5,7H2;2*1H/t9-;;/m1../s1. The first-order valence-corrected chi connectivity index (χ1v) is 4.11. The molecule has 1 aromatic rings. The quantitative estimate of drug-likeness (QED) is 0.787. The fourth-order valence-corrected chi connectivity index (χ4v) is 1.52. The Morgan fingerprint density at radius 3 is 2.69 bits per heavy atom. The number of hydrogen-bond donors (Lipinski definition) is 1. The van der Waals surface area contributed by atoms with E-state index in [0.29, 0.717) is 6.04 Å². The minimum atomic E-state index is 0. The van der Waals surface area contributed by atoms with Crippen LogP contribution in [-0.2, 0) is 0 Å². The van der Waals surface area contributed by atoms with Gasteiger partial charge in [-0.15, -0.1) is 24.8 Å². The van der Waals surface area contributed by atoms with Crippen LogP contribution in [0.3, 0.4) is 0 Å². The first kappa shape index (κ1) is 12.7. The van der Waals surface area contributed by atoms with Gasteiger partial charge in [0.25, 0.3) is 0 Å². The second-order valence-corrected chi connectivity index (χ2v) is 2.90. The predicted molar refractivity (Wildman–Crippen MR) is 58.7 cm³/mol. The maximum Gasteiger partial charge on any atom is 0.0573 e. The average molecular weight is 221 g/mol. The Bertz CT molecular complexity index is 222. The van der Waals surface area contributed by atoms with Gasteiger partial charge in [-0.05, 0) is 31.5 Å². The molecule has 1 saturated heterocycles. The Morgan fingerprint density at radius 2 is 2.15 bits per heavy atom. The monoisotopic (exact) mass is 220 g/mol. The molecule has 4 heteroatoms. The van der Waals surface area contributed by atoms with E-state index >= 15 is 0 Å². The average Bonchev–Trinajstić information content (AvgIpc) is 2.58. The molecule has 0 aromatic carbocycles. The number of aromatic nitrogens is 1. The van der Waals surface area contributed by atoms with Gasteiger partial charge < -0.3 is 5.32 Å². The Morgan fingerprint density at radius 1 is 1.31 bits per heavy atom. The van der Waals surface area contributed by atoms with E-state index in [1.807, 2.05) is 18.3 Å². The van der Waals surface area contributed by atoms with Crippen molar-refractivity contribution in [3.05, 3.63) is 30.1 Å². The van der Waals surface area contributed by atoms with Gasteiger partial charge in [0.1, 0.15) is 0 Å². The maximum atomic E-state index is 4.30. The molecule has 13 heavy (non-hydrogen) atoms. The summed E-state index contributed by atoms with van der Waals surface area (Å²) in [6.07, 6.45) is 4.37. The second kappa shape index (κ2) is 6.19. The molecular weight excluding hydrogens is 207 g/mol. The van der Waals surface area contributed by atoms with Crippen LogP contribution in [0.2, 0.25) is 0 Å². The summed E-state index contributed by atoms with van der Waals surface area (Å²) in [5, 5.41) is 3.41. The van der Waals surface area contributed by atoms with E-state index in [1.165, 1.54) is 18.5 Å². The lowest BCUT2D eigenvalue weighted by atomic mass is 10.1. The molecule has 1 atom stereocenters. The lowest BCUT2D eigenvalue weighted by molar-refractivity contribution is 0.628. The van der Waals surface area contributed by atoms with Crippen molar-refractivity contribution >= 4 is 24.8 Å². The van der Waals surface area contributed by atoms with Crippen molar-refractivity contribution in [1.82, 2.24) is 10.3 Å². The van der Waals surface area contributed by atoms with Gasteiger partial charge in [-0.3, -0.25) is 4.98 Å². The van der Waals surface area contributed by atoms with Crippen molar-refractivity contribution in [2.75, 3.05) is 6.54 Å². The fourth-order valence-electron chi connectivity index (χ4n) is 1.52. The van der Waals surface area contributed by atoms with E-state index in [-0.39, 0.29) is 24.8 Å². The first-order chi connectivity index (χ1) is 5.47. The van der Waals surface area contributed by atoms with Crippen LogP contribution in [0.1, 0.15) is 24.6 Å². The molecule has 1 aliphatic heterocycles. The Kier molecular flexibility index (Phi) is 6.04. The van der Waals surface area contributed by atoms with Crippen molar-refractivity contribution < 1.29 is 0 Å². The normalized spacial score (nSPS) is 20.2. The molecule has 74 valence electrons. The van der Waals surface area contributed by atoms with Crippen molar-refractivity contribution in [2.24, 2.45) is 0 Å². The zero-order valence-electron chi connectivity index (χ0n) is 7.27. The summed E-state index contributed by atoms with van der Waals surface area (Å²) in [6, 6.07) is 6.60. The summed E-state index contributed by atoms with van der Waals surface area (Å²) in [7, 11) is 0. The molecule has 0 spiro atoms. The molecule has 2 heterocycles. The SMILES string of the molecule is Cl.Cl.c1ccc([C@H]2CCCN2)nc1.